The van der Waals surface area contributed by atoms with Crippen molar-refractivity contribution < 1.29 is 4.79 Å². The maximum atomic E-state index is 12.0. The van der Waals surface area contributed by atoms with Crippen molar-refractivity contribution in [2.24, 2.45) is 0 Å². The van der Waals surface area contributed by atoms with E-state index < -0.39 is 0 Å². The van der Waals surface area contributed by atoms with Crippen LogP contribution in [-0.2, 0) is 0 Å². The van der Waals surface area contributed by atoms with Crippen molar-refractivity contribution in [2.45, 2.75) is 19.8 Å². The maximum Gasteiger partial charge on any atom is 0.261 e. The Morgan fingerprint density at radius 3 is 2.58 bits per heavy atom. The van der Waals surface area contributed by atoms with Crippen molar-refractivity contribution in [1.29, 1.82) is 0 Å². The van der Waals surface area contributed by atoms with E-state index in [9.17, 15) is 4.79 Å². The Morgan fingerprint density at radius 2 is 2.00 bits per heavy atom. The zero-order valence-corrected chi connectivity index (χ0v) is 12.5. The van der Waals surface area contributed by atoms with Gasteiger partial charge in [-0.1, -0.05) is 30.7 Å². The van der Waals surface area contributed by atoms with E-state index in [1.54, 1.807) is 0 Å². The highest BCUT2D eigenvalue weighted by Crippen LogP contribution is 2.18. The van der Waals surface area contributed by atoms with Gasteiger partial charge in [-0.2, -0.15) is 0 Å². The molecule has 0 aliphatic carbocycles. The molecule has 1 amide bonds. The highest BCUT2D eigenvalue weighted by molar-refractivity contribution is 7.12. The third-order valence-electron chi connectivity index (χ3n) is 3.08. The molecule has 0 saturated heterocycles. The van der Waals surface area contributed by atoms with Crippen LogP contribution in [0.2, 0.25) is 5.02 Å². The average Bonchev–Trinajstić information content (AvgIpc) is 2.83. The van der Waals surface area contributed by atoms with Crippen LogP contribution in [0.5, 0.6) is 0 Å². The first-order chi connectivity index (χ1) is 9.08. The van der Waals surface area contributed by atoms with Crippen molar-refractivity contribution in [1.82, 2.24) is 5.32 Å². The summed E-state index contributed by atoms with van der Waals surface area (Å²) >= 11 is 7.34. The molecule has 1 atom stereocenters. The van der Waals surface area contributed by atoms with E-state index in [-0.39, 0.29) is 11.8 Å². The molecule has 1 unspecified atom stereocenters. The van der Waals surface area contributed by atoms with E-state index in [1.807, 2.05) is 42.6 Å². The molecule has 0 fully saturated rings. The summed E-state index contributed by atoms with van der Waals surface area (Å²) in [6, 6.07) is 9.70. The second-order valence-corrected chi connectivity index (χ2v) is 5.95. The highest BCUT2D eigenvalue weighted by atomic mass is 35.5. The van der Waals surface area contributed by atoms with Crippen molar-refractivity contribution in [2.75, 3.05) is 6.54 Å². The number of hydrogen-bond donors (Lipinski definition) is 1. The van der Waals surface area contributed by atoms with Crippen molar-refractivity contribution in [3.63, 3.8) is 0 Å². The van der Waals surface area contributed by atoms with E-state index in [2.05, 4.69) is 12.2 Å². The molecule has 100 valence electrons. The number of carbonyl (C=O) groups excluding carboxylic acids is 1. The minimum absolute atomic E-state index is 0.00770. The molecule has 0 saturated carbocycles. The Balaban J connectivity index is 1.94. The number of carbonyl (C=O) groups is 1. The zero-order chi connectivity index (χ0) is 13.8. The Hall–Kier alpha value is -1.32. The first-order valence-electron chi connectivity index (χ1n) is 6.15. The van der Waals surface area contributed by atoms with Gasteiger partial charge >= 0.3 is 0 Å². The summed E-state index contributed by atoms with van der Waals surface area (Å²) in [4.78, 5) is 12.8. The molecule has 1 heterocycles. The second kappa shape index (κ2) is 6.22. The third kappa shape index (κ3) is 3.58. The van der Waals surface area contributed by atoms with Gasteiger partial charge in [0.05, 0.1) is 4.88 Å². The van der Waals surface area contributed by atoms with Crippen LogP contribution in [-0.4, -0.2) is 12.5 Å². The summed E-state index contributed by atoms with van der Waals surface area (Å²) in [5.74, 6) is 0.273. The van der Waals surface area contributed by atoms with Crippen molar-refractivity contribution in [3.05, 3.63) is 56.7 Å². The quantitative estimate of drug-likeness (QED) is 0.897. The lowest BCUT2D eigenvalue weighted by atomic mass is 10.0. The molecule has 1 N–H and O–H groups in total. The Morgan fingerprint density at radius 1 is 1.32 bits per heavy atom. The van der Waals surface area contributed by atoms with Crippen LogP contribution in [0.15, 0.2) is 35.7 Å². The molecule has 0 radical (unpaired) electrons. The van der Waals surface area contributed by atoms with Crippen LogP contribution in [0.25, 0.3) is 0 Å². The molecule has 0 spiro atoms. The normalized spacial score (nSPS) is 12.2. The first kappa shape index (κ1) is 14.1. The Bertz CT molecular complexity index is 562. The summed E-state index contributed by atoms with van der Waals surface area (Å²) < 4.78 is 0. The van der Waals surface area contributed by atoms with Gasteiger partial charge in [0.15, 0.2) is 0 Å². The number of halogens is 1. The predicted molar refractivity (Wildman–Crippen MR) is 81.3 cm³/mol. The van der Waals surface area contributed by atoms with Gasteiger partial charge in [-0.15, -0.1) is 11.3 Å². The monoisotopic (exact) mass is 293 g/mol. The van der Waals surface area contributed by atoms with Gasteiger partial charge in [-0.05, 0) is 47.5 Å². The smallest absolute Gasteiger partial charge is 0.261 e. The summed E-state index contributed by atoms with van der Waals surface area (Å²) in [7, 11) is 0. The molecule has 1 aromatic carbocycles. The topological polar surface area (TPSA) is 29.1 Å². The number of rotatable bonds is 4. The number of benzene rings is 1. The molecule has 2 nitrogen and oxygen atoms in total. The average molecular weight is 294 g/mol. The van der Waals surface area contributed by atoms with Gasteiger partial charge in [0.2, 0.25) is 0 Å². The third-order valence-corrected chi connectivity index (χ3v) is 4.34. The molecule has 0 aliphatic rings. The van der Waals surface area contributed by atoms with Crippen LogP contribution < -0.4 is 5.32 Å². The lowest BCUT2D eigenvalue weighted by Crippen LogP contribution is -2.27. The molecule has 0 bridgehead atoms. The fourth-order valence-electron chi connectivity index (χ4n) is 1.84. The summed E-state index contributed by atoms with van der Waals surface area (Å²) in [5, 5.41) is 5.65. The number of hydrogen-bond acceptors (Lipinski definition) is 2. The van der Waals surface area contributed by atoms with E-state index >= 15 is 0 Å². The number of thiophene rings is 1. The first-order valence-corrected chi connectivity index (χ1v) is 7.41. The predicted octanol–water partition coefficient (Wildman–Crippen LogP) is 4.24. The number of aryl methyl sites for hydroxylation is 1. The van der Waals surface area contributed by atoms with Gasteiger partial charge in [-0.3, -0.25) is 4.79 Å². The molecule has 4 heteroatoms. The fraction of sp³-hybridized carbons (Fsp3) is 0.267. The minimum Gasteiger partial charge on any atom is -0.351 e. The summed E-state index contributed by atoms with van der Waals surface area (Å²) in [6.45, 7) is 4.66. The molecule has 1 aromatic heterocycles. The van der Waals surface area contributed by atoms with Crippen LogP contribution in [0, 0.1) is 6.92 Å². The van der Waals surface area contributed by atoms with Gasteiger partial charge in [0.25, 0.3) is 5.91 Å². The second-order valence-electron chi connectivity index (χ2n) is 4.60. The van der Waals surface area contributed by atoms with Crippen LogP contribution >= 0.6 is 22.9 Å². The molecule has 0 aliphatic heterocycles. The minimum atomic E-state index is 0.00770. The Kier molecular flexibility index (Phi) is 4.61. The largest absolute Gasteiger partial charge is 0.351 e. The van der Waals surface area contributed by atoms with Gasteiger partial charge in [0, 0.05) is 11.6 Å². The van der Waals surface area contributed by atoms with Crippen molar-refractivity contribution in [3.8, 4) is 0 Å². The number of nitrogens with one attached hydrogen (secondary N) is 1. The molecular weight excluding hydrogens is 278 g/mol. The van der Waals surface area contributed by atoms with Gasteiger partial charge in [0.1, 0.15) is 0 Å². The van der Waals surface area contributed by atoms with Crippen LogP contribution in [0.4, 0.5) is 0 Å². The Labute approximate surface area is 122 Å². The molecule has 2 aromatic rings. The van der Waals surface area contributed by atoms with Gasteiger partial charge < -0.3 is 5.32 Å². The maximum absolute atomic E-state index is 12.0. The standard InChI is InChI=1S/C15H16ClNOS/c1-10-7-8-19-14(10)15(18)17-9-11(2)12-3-5-13(16)6-4-12/h3-8,11H,9H2,1-2H3,(H,17,18). The van der Waals surface area contributed by atoms with E-state index in [1.165, 1.54) is 16.9 Å². The summed E-state index contributed by atoms with van der Waals surface area (Å²) in [6.07, 6.45) is 0. The zero-order valence-electron chi connectivity index (χ0n) is 10.9. The fourth-order valence-corrected chi connectivity index (χ4v) is 2.81. The van der Waals surface area contributed by atoms with E-state index in [0.717, 1.165) is 15.5 Å². The molecular formula is C15H16ClNOS. The summed E-state index contributed by atoms with van der Waals surface area (Å²) in [5.41, 5.74) is 2.20. The van der Waals surface area contributed by atoms with E-state index in [4.69, 9.17) is 11.6 Å². The lowest BCUT2D eigenvalue weighted by molar-refractivity contribution is 0.0955. The molecule has 2 rings (SSSR count). The van der Waals surface area contributed by atoms with Crippen LogP contribution in [0.1, 0.15) is 33.6 Å². The van der Waals surface area contributed by atoms with Crippen LogP contribution in [0.3, 0.4) is 0 Å². The molecule has 19 heavy (non-hydrogen) atoms. The van der Waals surface area contributed by atoms with Gasteiger partial charge in [-0.25, -0.2) is 0 Å². The SMILES string of the molecule is Cc1ccsc1C(=O)NCC(C)c1ccc(Cl)cc1. The van der Waals surface area contributed by atoms with Crippen molar-refractivity contribution >= 4 is 28.8 Å². The highest BCUT2D eigenvalue weighted by Gasteiger charge is 2.12. The lowest BCUT2D eigenvalue weighted by Gasteiger charge is -2.13. The van der Waals surface area contributed by atoms with E-state index in [0.29, 0.717) is 6.54 Å². The number of amides is 1.